The molecule has 0 bridgehead atoms. The quantitative estimate of drug-likeness (QED) is 0.490. The van der Waals surface area contributed by atoms with Gasteiger partial charge in [0, 0.05) is 0 Å². The molecule has 0 spiro atoms. The van der Waals surface area contributed by atoms with Crippen LogP contribution in [0.15, 0.2) is 89.8 Å². The van der Waals surface area contributed by atoms with Crippen molar-refractivity contribution < 1.29 is 17.9 Å². The van der Waals surface area contributed by atoms with Crippen molar-refractivity contribution in [2.45, 2.75) is 31.2 Å². The molecule has 168 valence electrons. The first-order valence-corrected chi connectivity index (χ1v) is 12.0. The summed E-state index contributed by atoms with van der Waals surface area (Å²) in [6, 6.07) is 24.2. The number of benzene rings is 3. The second-order valence-electron chi connectivity index (χ2n) is 7.19. The van der Waals surface area contributed by atoms with Gasteiger partial charge in [0.25, 0.3) is 10.0 Å². The zero-order chi connectivity index (χ0) is 23.0. The van der Waals surface area contributed by atoms with E-state index in [-0.39, 0.29) is 23.4 Å². The molecule has 0 saturated heterocycles. The van der Waals surface area contributed by atoms with E-state index in [4.69, 9.17) is 4.74 Å². The summed E-state index contributed by atoms with van der Waals surface area (Å²) in [7, 11) is -3.95. The average Bonchev–Trinajstić information content (AvgIpc) is 2.83. The summed E-state index contributed by atoms with van der Waals surface area (Å²) in [6.07, 6.45) is 0.685. The van der Waals surface area contributed by atoms with E-state index in [0.717, 1.165) is 9.87 Å². The molecule has 1 unspecified atom stereocenters. The van der Waals surface area contributed by atoms with E-state index in [2.05, 4.69) is 5.32 Å². The van der Waals surface area contributed by atoms with Gasteiger partial charge in [0.1, 0.15) is 12.3 Å². The predicted molar refractivity (Wildman–Crippen MR) is 126 cm³/mol. The summed E-state index contributed by atoms with van der Waals surface area (Å²) in [6.45, 7) is 4.02. The fourth-order valence-corrected chi connectivity index (χ4v) is 4.83. The highest BCUT2D eigenvalue weighted by Gasteiger charge is 2.28. The Labute approximate surface area is 189 Å². The number of hydrogen-bond donors (Lipinski definition) is 1. The van der Waals surface area contributed by atoms with Crippen LogP contribution in [0.25, 0.3) is 0 Å². The number of nitrogens with one attached hydrogen (secondary N) is 1. The summed E-state index contributed by atoms with van der Waals surface area (Å²) in [5, 5.41) is 2.97. The zero-order valence-electron chi connectivity index (χ0n) is 18.3. The Balaban J connectivity index is 1.89. The number of anilines is 1. The molecule has 7 heteroatoms. The highest BCUT2D eigenvalue weighted by molar-refractivity contribution is 7.92. The van der Waals surface area contributed by atoms with Gasteiger partial charge in [-0.2, -0.15) is 0 Å². The van der Waals surface area contributed by atoms with Crippen molar-refractivity contribution >= 4 is 21.6 Å². The summed E-state index contributed by atoms with van der Waals surface area (Å²) in [5.41, 5.74) is 1.36. The average molecular weight is 453 g/mol. The van der Waals surface area contributed by atoms with Crippen LogP contribution >= 0.6 is 0 Å². The first-order chi connectivity index (χ1) is 15.5. The van der Waals surface area contributed by atoms with Gasteiger partial charge >= 0.3 is 0 Å². The lowest BCUT2D eigenvalue weighted by atomic mass is 10.0. The van der Waals surface area contributed by atoms with E-state index in [1.54, 1.807) is 42.5 Å². The molecular weight excluding hydrogens is 424 g/mol. The van der Waals surface area contributed by atoms with Crippen molar-refractivity contribution in [1.29, 1.82) is 0 Å². The number of nitrogens with zero attached hydrogens (tertiary/aromatic N) is 1. The normalized spacial score (nSPS) is 12.1. The van der Waals surface area contributed by atoms with Crippen LogP contribution in [0.2, 0.25) is 0 Å². The molecule has 32 heavy (non-hydrogen) atoms. The molecule has 0 radical (unpaired) electrons. The molecule has 0 aromatic heterocycles. The molecule has 0 aliphatic carbocycles. The van der Waals surface area contributed by atoms with Crippen molar-refractivity contribution in [2.24, 2.45) is 0 Å². The fraction of sp³-hybridized carbons (Fsp3) is 0.240. The topological polar surface area (TPSA) is 75.7 Å². The summed E-state index contributed by atoms with van der Waals surface area (Å²) in [4.78, 5) is 13.1. The highest BCUT2D eigenvalue weighted by Crippen LogP contribution is 2.26. The van der Waals surface area contributed by atoms with Crippen molar-refractivity contribution in [3.63, 3.8) is 0 Å². The highest BCUT2D eigenvalue weighted by atomic mass is 32.2. The maximum absolute atomic E-state index is 13.4. The Hall–Kier alpha value is -3.32. The van der Waals surface area contributed by atoms with Crippen molar-refractivity contribution in [2.75, 3.05) is 17.5 Å². The molecule has 3 aromatic carbocycles. The van der Waals surface area contributed by atoms with Gasteiger partial charge in [-0.15, -0.1) is 0 Å². The Morgan fingerprint density at radius 3 is 2.06 bits per heavy atom. The van der Waals surface area contributed by atoms with Crippen LogP contribution in [0.3, 0.4) is 0 Å². The molecule has 3 rings (SSSR count). The Kier molecular flexibility index (Phi) is 7.89. The van der Waals surface area contributed by atoms with E-state index in [1.807, 2.05) is 44.2 Å². The van der Waals surface area contributed by atoms with Crippen LogP contribution < -0.4 is 14.4 Å². The molecule has 0 aliphatic rings. The van der Waals surface area contributed by atoms with Crippen molar-refractivity contribution in [3.05, 3.63) is 90.5 Å². The minimum absolute atomic E-state index is 0.122. The van der Waals surface area contributed by atoms with Gasteiger partial charge < -0.3 is 10.1 Å². The number of hydrogen-bond acceptors (Lipinski definition) is 4. The molecule has 0 heterocycles. The third-order valence-corrected chi connectivity index (χ3v) is 6.79. The maximum Gasteiger partial charge on any atom is 0.264 e. The predicted octanol–water partition coefficient (Wildman–Crippen LogP) is 4.55. The minimum atomic E-state index is -3.95. The summed E-state index contributed by atoms with van der Waals surface area (Å²) >= 11 is 0. The summed E-state index contributed by atoms with van der Waals surface area (Å²) in [5.74, 6) is 0.252. The molecule has 3 aromatic rings. The minimum Gasteiger partial charge on any atom is -0.494 e. The largest absolute Gasteiger partial charge is 0.494 e. The van der Waals surface area contributed by atoms with Gasteiger partial charge in [0.2, 0.25) is 5.91 Å². The maximum atomic E-state index is 13.4. The van der Waals surface area contributed by atoms with Crippen LogP contribution in [-0.2, 0) is 14.8 Å². The molecule has 0 saturated carbocycles. The number of amides is 1. The van der Waals surface area contributed by atoms with Crippen LogP contribution in [0.4, 0.5) is 5.69 Å². The van der Waals surface area contributed by atoms with Crippen LogP contribution in [0.1, 0.15) is 31.9 Å². The lowest BCUT2D eigenvalue weighted by molar-refractivity contribution is -0.120. The number of rotatable bonds is 10. The van der Waals surface area contributed by atoms with E-state index >= 15 is 0 Å². The van der Waals surface area contributed by atoms with E-state index in [1.165, 1.54) is 12.1 Å². The molecule has 0 fully saturated rings. The molecule has 6 nitrogen and oxygen atoms in total. The summed E-state index contributed by atoms with van der Waals surface area (Å²) < 4.78 is 33.4. The monoisotopic (exact) mass is 452 g/mol. The fourth-order valence-electron chi connectivity index (χ4n) is 3.39. The zero-order valence-corrected chi connectivity index (χ0v) is 19.1. The van der Waals surface area contributed by atoms with Crippen LogP contribution in [-0.4, -0.2) is 27.5 Å². The third-order valence-electron chi connectivity index (χ3n) is 5.00. The first kappa shape index (κ1) is 23.3. The number of ether oxygens (including phenoxy) is 1. The number of sulfonamides is 1. The van der Waals surface area contributed by atoms with Gasteiger partial charge in [-0.25, -0.2) is 8.42 Å². The SMILES string of the molecule is CCOc1ccc(N(CC(=O)NC(CC)c2ccccc2)S(=O)(=O)c2ccccc2)cc1. The Morgan fingerprint density at radius 2 is 1.50 bits per heavy atom. The lowest BCUT2D eigenvalue weighted by Gasteiger charge is -2.26. The first-order valence-electron chi connectivity index (χ1n) is 10.6. The van der Waals surface area contributed by atoms with E-state index in [9.17, 15) is 13.2 Å². The van der Waals surface area contributed by atoms with E-state index < -0.39 is 10.0 Å². The molecule has 1 N–H and O–H groups in total. The molecule has 0 aliphatic heterocycles. The van der Waals surface area contributed by atoms with Gasteiger partial charge in [-0.05, 0) is 55.3 Å². The lowest BCUT2D eigenvalue weighted by Crippen LogP contribution is -2.42. The van der Waals surface area contributed by atoms with Crippen molar-refractivity contribution in [3.8, 4) is 5.75 Å². The standard InChI is InChI=1S/C25H28N2O4S/c1-3-24(20-11-7-5-8-12-20)26-25(28)19-27(21-15-17-22(18-16-21)31-4-2)32(29,30)23-13-9-6-10-14-23/h5-18,24H,3-4,19H2,1-2H3,(H,26,28). The molecule has 1 atom stereocenters. The second-order valence-corrected chi connectivity index (χ2v) is 9.05. The van der Waals surface area contributed by atoms with Crippen molar-refractivity contribution in [1.82, 2.24) is 5.32 Å². The Bertz CT molecular complexity index is 1100. The second kappa shape index (κ2) is 10.8. The number of carbonyl (C=O) groups excluding carboxylic acids is 1. The Morgan fingerprint density at radius 1 is 0.906 bits per heavy atom. The van der Waals surface area contributed by atoms with Crippen LogP contribution in [0, 0.1) is 0 Å². The van der Waals surface area contributed by atoms with Gasteiger partial charge in [-0.3, -0.25) is 9.10 Å². The third kappa shape index (κ3) is 5.68. The van der Waals surface area contributed by atoms with Gasteiger partial charge in [-0.1, -0.05) is 55.5 Å². The molecular formula is C25H28N2O4S. The smallest absolute Gasteiger partial charge is 0.264 e. The molecule has 1 amide bonds. The van der Waals surface area contributed by atoms with E-state index in [0.29, 0.717) is 24.5 Å². The van der Waals surface area contributed by atoms with Gasteiger partial charge in [0.05, 0.1) is 23.2 Å². The van der Waals surface area contributed by atoms with Gasteiger partial charge in [0.15, 0.2) is 0 Å². The van der Waals surface area contributed by atoms with Crippen LogP contribution in [0.5, 0.6) is 5.75 Å². The number of carbonyl (C=O) groups is 1.